The van der Waals surface area contributed by atoms with Crippen LogP contribution < -0.4 is 11.1 Å². The van der Waals surface area contributed by atoms with Gasteiger partial charge in [-0.2, -0.15) is 0 Å². The van der Waals surface area contributed by atoms with Crippen LogP contribution in [-0.2, 0) is 4.74 Å². The molecule has 1 aromatic rings. The molecule has 6 heteroatoms. The molecule has 2 rings (SSSR count). The first-order chi connectivity index (χ1) is 9.70. The number of hydrogen-bond acceptors (Lipinski definition) is 2. The predicted molar refractivity (Wildman–Crippen MR) is 101 cm³/mol. The van der Waals surface area contributed by atoms with Crippen LogP contribution in [-0.4, -0.2) is 31.8 Å². The zero-order valence-electron chi connectivity index (χ0n) is 12.2. The summed E-state index contributed by atoms with van der Waals surface area (Å²) in [6.45, 7) is 4.22. The van der Waals surface area contributed by atoms with Crippen molar-refractivity contribution in [2.24, 2.45) is 10.7 Å². The first kappa shape index (κ1) is 18.7. The number of guanidine groups is 1. The Bertz CT molecular complexity index is 453. The second-order valence-corrected chi connectivity index (χ2v) is 5.88. The Balaban J connectivity index is 0.00000220. The number of hydrogen-bond donors (Lipinski definition) is 2. The molecule has 0 radical (unpaired) electrons. The lowest BCUT2D eigenvalue weighted by Gasteiger charge is -2.05. The van der Waals surface area contributed by atoms with E-state index in [1.165, 1.54) is 5.56 Å². The number of aliphatic imine (C=N–C) groups is 1. The summed E-state index contributed by atoms with van der Waals surface area (Å²) in [6, 6.07) is 8.90. The number of nitrogens with two attached hydrogens (primary N) is 1. The van der Waals surface area contributed by atoms with Crippen LogP contribution in [0.2, 0.25) is 0 Å². The summed E-state index contributed by atoms with van der Waals surface area (Å²) in [7, 11) is 0. The second-order valence-electron chi connectivity index (χ2n) is 4.96. The van der Waals surface area contributed by atoms with Gasteiger partial charge in [-0.15, -0.1) is 24.0 Å². The summed E-state index contributed by atoms with van der Waals surface area (Å²) in [5.74, 6) is 1.10. The molecule has 1 fully saturated rings. The summed E-state index contributed by atoms with van der Waals surface area (Å²) in [5, 5.41) is 3.28. The van der Waals surface area contributed by atoms with E-state index in [4.69, 9.17) is 10.5 Å². The Morgan fingerprint density at radius 2 is 2.14 bits per heavy atom. The van der Waals surface area contributed by atoms with Gasteiger partial charge in [0.25, 0.3) is 0 Å². The fraction of sp³-hybridized carbons (Fsp3) is 0.533. The number of halogens is 2. The molecule has 1 aromatic carbocycles. The van der Waals surface area contributed by atoms with E-state index >= 15 is 0 Å². The molecule has 4 nitrogen and oxygen atoms in total. The van der Waals surface area contributed by atoms with Gasteiger partial charge in [0.05, 0.1) is 0 Å². The highest BCUT2D eigenvalue weighted by atomic mass is 127. The van der Waals surface area contributed by atoms with Crippen LogP contribution in [0.5, 0.6) is 0 Å². The van der Waals surface area contributed by atoms with Crippen molar-refractivity contribution in [3.8, 4) is 0 Å². The first-order valence-electron chi connectivity index (χ1n) is 7.10. The van der Waals surface area contributed by atoms with Crippen molar-refractivity contribution in [1.29, 1.82) is 0 Å². The molecule has 1 aliphatic carbocycles. The van der Waals surface area contributed by atoms with E-state index in [2.05, 4.69) is 50.5 Å². The SMILES string of the molecule is CCOCCCN=C(N)NC1CC1c1ccc(Br)cc1.I. The number of ether oxygens (including phenoxy) is 1. The summed E-state index contributed by atoms with van der Waals surface area (Å²) in [5.41, 5.74) is 7.24. The number of benzene rings is 1. The predicted octanol–water partition coefficient (Wildman–Crippen LogP) is 3.25. The van der Waals surface area contributed by atoms with Crippen molar-refractivity contribution < 1.29 is 4.74 Å². The minimum Gasteiger partial charge on any atom is -0.382 e. The van der Waals surface area contributed by atoms with Crippen molar-refractivity contribution in [3.05, 3.63) is 34.3 Å². The molecule has 1 aliphatic rings. The Morgan fingerprint density at radius 3 is 2.81 bits per heavy atom. The number of nitrogens with zero attached hydrogens (tertiary/aromatic N) is 1. The average molecular weight is 468 g/mol. The molecule has 0 spiro atoms. The smallest absolute Gasteiger partial charge is 0.188 e. The Labute approximate surface area is 152 Å². The Hall–Kier alpha value is -0.340. The molecule has 2 atom stereocenters. The van der Waals surface area contributed by atoms with Gasteiger partial charge in [-0.3, -0.25) is 4.99 Å². The summed E-state index contributed by atoms with van der Waals surface area (Å²) in [6.07, 6.45) is 2.04. The zero-order chi connectivity index (χ0) is 14.4. The third-order valence-electron chi connectivity index (χ3n) is 3.35. The highest BCUT2D eigenvalue weighted by Gasteiger charge is 2.38. The van der Waals surface area contributed by atoms with Crippen molar-refractivity contribution in [3.63, 3.8) is 0 Å². The Morgan fingerprint density at radius 1 is 1.43 bits per heavy atom. The van der Waals surface area contributed by atoms with E-state index < -0.39 is 0 Å². The van der Waals surface area contributed by atoms with Crippen LogP contribution in [0.25, 0.3) is 0 Å². The molecule has 0 bridgehead atoms. The van der Waals surface area contributed by atoms with Crippen LogP contribution in [0.3, 0.4) is 0 Å². The lowest BCUT2D eigenvalue weighted by atomic mass is 10.1. The third kappa shape index (κ3) is 6.52. The van der Waals surface area contributed by atoms with E-state index in [0.29, 0.717) is 24.5 Å². The minimum absolute atomic E-state index is 0. The molecule has 1 saturated carbocycles. The highest BCUT2D eigenvalue weighted by molar-refractivity contribution is 14.0. The van der Waals surface area contributed by atoms with E-state index in [1.807, 2.05) is 6.92 Å². The van der Waals surface area contributed by atoms with Crippen LogP contribution in [0.1, 0.15) is 31.2 Å². The van der Waals surface area contributed by atoms with Gasteiger partial charge in [0.1, 0.15) is 0 Å². The summed E-state index contributed by atoms with van der Waals surface area (Å²) < 4.78 is 6.37. The van der Waals surface area contributed by atoms with Gasteiger partial charge in [0.2, 0.25) is 0 Å². The fourth-order valence-electron chi connectivity index (χ4n) is 2.18. The molecule has 0 amide bonds. The maximum Gasteiger partial charge on any atom is 0.188 e. The van der Waals surface area contributed by atoms with Gasteiger partial charge < -0.3 is 15.8 Å². The van der Waals surface area contributed by atoms with Crippen LogP contribution in [0.4, 0.5) is 0 Å². The molecule has 0 heterocycles. The topological polar surface area (TPSA) is 59.6 Å². The van der Waals surface area contributed by atoms with Gasteiger partial charge in [-0.25, -0.2) is 0 Å². The van der Waals surface area contributed by atoms with Gasteiger partial charge >= 0.3 is 0 Å². The molecular formula is C15H23BrIN3O. The minimum atomic E-state index is 0. The monoisotopic (exact) mass is 467 g/mol. The van der Waals surface area contributed by atoms with Gasteiger partial charge in [-0.1, -0.05) is 28.1 Å². The van der Waals surface area contributed by atoms with E-state index in [-0.39, 0.29) is 24.0 Å². The highest BCUT2D eigenvalue weighted by Crippen LogP contribution is 2.40. The second kappa shape index (κ2) is 9.63. The maximum atomic E-state index is 5.88. The largest absolute Gasteiger partial charge is 0.382 e. The maximum absolute atomic E-state index is 5.88. The van der Waals surface area contributed by atoms with Crippen molar-refractivity contribution >= 4 is 45.9 Å². The Kier molecular flexibility index (Phi) is 8.58. The van der Waals surface area contributed by atoms with Gasteiger partial charge in [-0.05, 0) is 37.5 Å². The quantitative estimate of drug-likeness (QED) is 0.280. The average Bonchev–Trinajstić information content (AvgIpc) is 3.18. The molecule has 2 unspecified atom stereocenters. The van der Waals surface area contributed by atoms with E-state index in [9.17, 15) is 0 Å². The van der Waals surface area contributed by atoms with E-state index in [1.54, 1.807) is 0 Å². The molecule has 0 saturated heterocycles. The fourth-order valence-corrected chi connectivity index (χ4v) is 2.44. The zero-order valence-corrected chi connectivity index (χ0v) is 16.1. The van der Waals surface area contributed by atoms with E-state index in [0.717, 1.165) is 30.5 Å². The van der Waals surface area contributed by atoms with Crippen LogP contribution in [0.15, 0.2) is 33.7 Å². The van der Waals surface area contributed by atoms with Crippen LogP contribution in [0, 0.1) is 0 Å². The lowest BCUT2D eigenvalue weighted by molar-refractivity contribution is 0.146. The van der Waals surface area contributed by atoms with Gasteiger partial charge in [0, 0.05) is 36.2 Å². The molecule has 0 aromatic heterocycles. The van der Waals surface area contributed by atoms with Crippen LogP contribution >= 0.6 is 39.9 Å². The summed E-state index contributed by atoms with van der Waals surface area (Å²) in [4.78, 5) is 4.31. The van der Waals surface area contributed by atoms with Gasteiger partial charge in [0.15, 0.2) is 5.96 Å². The van der Waals surface area contributed by atoms with Crippen molar-refractivity contribution in [2.45, 2.75) is 31.7 Å². The van der Waals surface area contributed by atoms with Crippen molar-refractivity contribution in [2.75, 3.05) is 19.8 Å². The number of nitrogens with one attached hydrogen (secondary N) is 1. The molecule has 0 aliphatic heterocycles. The molecule has 118 valence electrons. The first-order valence-corrected chi connectivity index (χ1v) is 7.89. The molecule has 3 N–H and O–H groups in total. The third-order valence-corrected chi connectivity index (χ3v) is 3.88. The summed E-state index contributed by atoms with van der Waals surface area (Å²) >= 11 is 3.45. The normalized spacial score (nSPS) is 20.8. The molecular weight excluding hydrogens is 445 g/mol. The van der Waals surface area contributed by atoms with Crippen molar-refractivity contribution in [1.82, 2.24) is 5.32 Å². The lowest BCUT2D eigenvalue weighted by Crippen LogP contribution is -2.34. The number of rotatable bonds is 7. The standard InChI is InChI=1S/C15H22BrN3O.HI/c1-2-20-9-3-8-18-15(17)19-14-10-13(14)11-4-6-12(16)7-5-11;/h4-7,13-14H,2-3,8-10H2,1H3,(H3,17,18,19);1H. The molecule has 21 heavy (non-hydrogen) atoms.